The summed E-state index contributed by atoms with van der Waals surface area (Å²) in [5, 5.41) is 9.28. The Morgan fingerprint density at radius 1 is 1.37 bits per heavy atom. The van der Waals surface area contributed by atoms with E-state index in [1.54, 1.807) is 24.3 Å². The van der Waals surface area contributed by atoms with Crippen molar-refractivity contribution in [3.8, 4) is 5.75 Å². The molecule has 3 N–H and O–H groups in total. The van der Waals surface area contributed by atoms with Crippen LogP contribution in [-0.2, 0) is 0 Å². The number of rotatable bonds is 4. The molecular formula is C15H22N2O2. The smallest absolute Gasteiger partial charge is 0.254 e. The number of benzene rings is 1. The average Bonchev–Trinajstić information content (AvgIpc) is 2.88. The van der Waals surface area contributed by atoms with Crippen molar-refractivity contribution in [3.05, 3.63) is 29.8 Å². The van der Waals surface area contributed by atoms with E-state index < -0.39 is 0 Å². The molecular weight excluding hydrogens is 240 g/mol. The van der Waals surface area contributed by atoms with Gasteiger partial charge in [-0.05, 0) is 56.5 Å². The third-order valence-corrected chi connectivity index (χ3v) is 4.04. The van der Waals surface area contributed by atoms with Crippen molar-refractivity contribution in [2.45, 2.75) is 32.2 Å². The second-order valence-electron chi connectivity index (χ2n) is 5.13. The quantitative estimate of drug-likeness (QED) is 0.872. The van der Waals surface area contributed by atoms with Crippen molar-refractivity contribution in [1.29, 1.82) is 0 Å². The second kappa shape index (κ2) is 6.06. The first-order chi connectivity index (χ1) is 9.17. The van der Waals surface area contributed by atoms with Crippen molar-refractivity contribution in [2.24, 2.45) is 11.7 Å². The van der Waals surface area contributed by atoms with E-state index in [4.69, 9.17) is 5.73 Å². The first-order valence-corrected chi connectivity index (χ1v) is 6.97. The molecule has 0 aliphatic heterocycles. The molecule has 0 aromatic heterocycles. The van der Waals surface area contributed by atoms with Crippen molar-refractivity contribution in [1.82, 2.24) is 4.90 Å². The molecule has 0 saturated heterocycles. The highest BCUT2D eigenvalue weighted by Gasteiger charge is 2.33. The van der Waals surface area contributed by atoms with E-state index in [1.807, 2.05) is 11.8 Å². The number of carbonyl (C=O) groups excluding carboxylic acids is 1. The van der Waals surface area contributed by atoms with Crippen LogP contribution in [-0.4, -0.2) is 35.0 Å². The Kier molecular flexibility index (Phi) is 4.43. The number of phenolic OH excluding ortho intramolecular Hbond substituents is 1. The van der Waals surface area contributed by atoms with Gasteiger partial charge in [0.25, 0.3) is 5.91 Å². The van der Waals surface area contributed by atoms with E-state index in [-0.39, 0.29) is 17.7 Å². The summed E-state index contributed by atoms with van der Waals surface area (Å²) in [5.41, 5.74) is 6.43. The fourth-order valence-electron chi connectivity index (χ4n) is 3.00. The monoisotopic (exact) mass is 262 g/mol. The molecule has 2 unspecified atom stereocenters. The van der Waals surface area contributed by atoms with E-state index in [1.165, 1.54) is 0 Å². The minimum Gasteiger partial charge on any atom is -0.508 e. The molecule has 1 aliphatic carbocycles. The predicted molar refractivity (Wildman–Crippen MR) is 75.0 cm³/mol. The number of nitrogens with zero attached hydrogens (tertiary/aromatic N) is 1. The predicted octanol–water partition coefficient (Wildman–Crippen LogP) is 1.98. The molecule has 4 nitrogen and oxygen atoms in total. The van der Waals surface area contributed by atoms with Crippen LogP contribution >= 0.6 is 0 Å². The summed E-state index contributed by atoms with van der Waals surface area (Å²) in [6.07, 6.45) is 3.30. The van der Waals surface area contributed by atoms with E-state index in [0.717, 1.165) is 19.3 Å². The Bertz CT molecular complexity index is 430. The van der Waals surface area contributed by atoms with Gasteiger partial charge in [0, 0.05) is 18.2 Å². The van der Waals surface area contributed by atoms with E-state index >= 15 is 0 Å². The molecule has 104 valence electrons. The minimum atomic E-state index is 0.0350. The number of hydrogen-bond donors (Lipinski definition) is 2. The van der Waals surface area contributed by atoms with Gasteiger partial charge < -0.3 is 15.7 Å². The molecule has 0 radical (unpaired) electrons. The molecule has 1 saturated carbocycles. The molecule has 1 fully saturated rings. The minimum absolute atomic E-state index is 0.0350. The van der Waals surface area contributed by atoms with Gasteiger partial charge in [-0.15, -0.1) is 0 Å². The number of hydrogen-bond acceptors (Lipinski definition) is 3. The molecule has 1 aromatic carbocycles. The van der Waals surface area contributed by atoms with Crippen molar-refractivity contribution < 1.29 is 9.90 Å². The Hall–Kier alpha value is -1.55. The molecule has 2 rings (SSSR count). The Balaban J connectivity index is 2.17. The van der Waals surface area contributed by atoms with Crippen LogP contribution in [0.25, 0.3) is 0 Å². The molecule has 1 aromatic rings. The number of phenols is 1. The zero-order chi connectivity index (χ0) is 13.8. The highest BCUT2D eigenvalue weighted by Crippen LogP contribution is 2.30. The maximum Gasteiger partial charge on any atom is 0.254 e. The van der Waals surface area contributed by atoms with Crippen LogP contribution in [0.5, 0.6) is 5.75 Å². The van der Waals surface area contributed by atoms with Gasteiger partial charge in [0.1, 0.15) is 5.75 Å². The van der Waals surface area contributed by atoms with Gasteiger partial charge in [-0.2, -0.15) is 0 Å². The fraction of sp³-hybridized carbons (Fsp3) is 0.533. The zero-order valence-corrected chi connectivity index (χ0v) is 11.4. The van der Waals surface area contributed by atoms with Crippen LogP contribution in [0.3, 0.4) is 0 Å². The molecule has 4 heteroatoms. The van der Waals surface area contributed by atoms with Crippen molar-refractivity contribution in [2.75, 3.05) is 13.1 Å². The summed E-state index contributed by atoms with van der Waals surface area (Å²) in [4.78, 5) is 14.5. The lowest BCUT2D eigenvalue weighted by Crippen LogP contribution is -2.44. The average molecular weight is 262 g/mol. The van der Waals surface area contributed by atoms with Crippen LogP contribution in [0, 0.1) is 5.92 Å². The fourth-order valence-corrected chi connectivity index (χ4v) is 3.00. The first kappa shape index (κ1) is 13.9. The lowest BCUT2D eigenvalue weighted by Gasteiger charge is -2.32. The molecule has 2 atom stereocenters. The topological polar surface area (TPSA) is 66.6 Å². The lowest BCUT2D eigenvalue weighted by atomic mass is 10.0. The van der Waals surface area contributed by atoms with E-state index in [2.05, 4.69) is 0 Å². The Labute approximate surface area is 114 Å². The SMILES string of the molecule is CCN(C(=O)c1ccc(O)cc1)C1CCCC1CN. The maximum atomic E-state index is 12.5. The van der Waals surface area contributed by atoms with Crippen LogP contribution in [0.15, 0.2) is 24.3 Å². The van der Waals surface area contributed by atoms with Gasteiger partial charge in [-0.1, -0.05) is 6.42 Å². The first-order valence-electron chi connectivity index (χ1n) is 6.97. The molecule has 1 amide bonds. The molecule has 19 heavy (non-hydrogen) atoms. The van der Waals surface area contributed by atoms with E-state index in [9.17, 15) is 9.90 Å². The van der Waals surface area contributed by atoms with Gasteiger partial charge >= 0.3 is 0 Å². The number of amides is 1. The van der Waals surface area contributed by atoms with Crippen molar-refractivity contribution in [3.63, 3.8) is 0 Å². The number of carbonyl (C=O) groups is 1. The summed E-state index contributed by atoms with van der Waals surface area (Å²) < 4.78 is 0. The standard InChI is InChI=1S/C15H22N2O2/c1-2-17(14-5-3-4-12(14)10-16)15(19)11-6-8-13(18)9-7-11/h6-9,12,14,18H,2-5,10,16H2,1H3. The van der Waals surface area contributed by atoms with Crippen LogP contribution in [0.1, 0.15) is 36.5 Å². The highest BCUT2D eigenvalue weighted by molar-refractivity contribution is 5.94. The zero-order valence-electron chi connectivity index (χ0n) is 11.4. The molecule has 0 heterocycles. The third-order valence-electron chi connectivity index (χ3n) is 4.04. The normalized spacial score (nSPS) is 22.4. The number of nitrogens with two attached hydrogens (primary N) is 1. The summed E-state index contributed by atoms with van der Waals surface area (Å²) in [6.45, 7) is 3.34. The van der Waals surface area contributed by atoms with Crippen molar-refractivity contribution >= 4 is 5.91 Å². The highest BCUT2D eigenvalue weighted by atomic mass is 16.3. The van der Waals surface area contributed by atoms with E-state index in [0.29, 0.717) is 24.6 Å². The number of aromatic hydroxyl groups is 1. The summed E-state index contributed by atoms with van der Waals surface area (Å²) in [7, 11) is 0. The second-order valence-corrected chi connectivity index (χ2v) is 5.13. The summed E-state index contributed by atoms with van der Waals surface area (Å²) in [5.74, 6) is 0.633. The van der Waals surface area contributed by atoms with Gasteiger partial charge in [0.05, 0.1) is 0 Å². The van der Waals surface area contributed by atoms with Gasteiger partial charge in [-0.25, -0.2) is 0 Å². The van der Waals surface area contributed by atoms with Gasteiger partial charge in [0.15, 0.2) is 0 Å². The Morgan fingerprint density at radius 2 is 2.05 bits per heavy atom. The Morgan fingerprint density at radius 3 is 2.63 bits per heavy atom. The van der Waals surface area contributed by atoms with Gasteiger partial charge in [-0.3, -0.25) is 4.79 Å². The third kappa shape index (κ3) is 2.89. The van der Waals surface area contributed by atoms with Crippen LogP contribution in [0.4, 0.5) is 0 Å². The molecule has 0 bridgehead atoms. The lowest BCUT2D eigenvalue weighted by molar-refractivity contribution is 0.0652. The summed E-state index contributed by atoms with van der Waals surface area (Å²) >= 11 is 0. The van der Waals surface area contributed by atoms with Gasteiger partial charge in [0.2, 0.25) is 0 Å². The molecule has 0 spiro atoms. The molecule has 1 aliphatic rings. The largest absolute Gasteiger partial charge is 0.508 e. The van der Waals surface area contributed by atoms with Crippen LogP contribution < -0.4 is 5.73 Å². The van der Waals surface area contributed by atoms with Crippen LogP contribution in [0.2, 0.25) is 0 Å². The maximum absolute atomic E-state index is 12.5. The summed E-state index contributed by atoms with van der Waals surface area (Å²) in [6, 6.07) is 6.71.